The maximum Gasteiger partial charge on any atom is 0.340 e. The fraction of sp³-hybridized carbons (Fsp3) is 0.333. The van der Waals surface area contributed by atoms with E-state index in [-0.39, 0.29) is 18.5 Å². The summed E-state index contributed by atoms with van der Waals surface area (Å²) in [5.74, 6) is -0.476. The Kier molecular flexibility index (Phi) is 6.14. The second kappa shape index (κ2) is 9.13. The minimum Gasteiger partial charge on any atom is -0.465 e. The average Bonchev–Trinajstić information content (AvgIpc) is 3.43. The first-order valence-corrected chi connectivity index (χ1v) is 10.4. The van der Waals surface area contributed by atoms with Crippen LogP contribution in [0.2, 0.25) is 0 Å². The maximum absolute atomic E-state index is 12.8. The van der Waals surface area contributed by atoms with Crippen molar-refractivity contribution in [2.75, 3.05) is 26.7 Å². The number of ether oxygens (including phenoxy) is 1. The summed E-state index contributed by atoms with van der Waals surface area (Å²) >= 11 is 0. The molecule has 0 radical (unpaired) electrons. The minimum atomic E-state index is -0.400. The summed E-state index contributed by atoms with van der Waals surface area (Å²) in [6.45, 7) is 2.82. The van der Waals surface area contributed by atoms with E-state index in [1.54, 1.807) is 6.20 Å². The number of likely N-dealkylation sites (tertiary alicyclic amines) is 1. The molecule has 2 heterocycles. The Balaban J connectivity index is 1.48. The Morgan fingerprint density at radius 2 is 1.73 bits per heavy atom. The van der Waals surface area contributed by atoms with Gasteiger partial charge in [0.1, 0.15) is 6.54 Å². The number of fused-ring (bicyclic) bond motifs is 1. The number of hydrogen-bond donors (Lipinski definition) is 1. The zero-order chi connectivity index (χ0) is 20.9. The molecule has 1 amide bonds. The van der Waals surface area contributed by atoms with Crippen molar-refractivity contribution in [1.82, 2.24) is 14.8 Å². The first-order valence-electron chi connectivity index (χ1n) is 10.4. The molecule has 1 fully saturated rings. The monoisotopic (exact) mass is 405 g/mol. The van der Waals surface area contributed by atoms with Crippen LogP contribution in [0.5, 0.6) is 0 Å². The summed E-state index contributed by atoms with van der Waals surface area (Å²) in [6, 6.07) is 18.1. The lowest BCUT2D eigenvalue weighted by Gasteiger charge is -2.28. The number of methoxy groups -OCH3 is 1. The topological polar surface area (TPSA) is 63.6 Å². The third kappa shape index (κ3) is 4.24. The van der Waals surface area contributed by atoms with Crippen molar-refractivity contribution in [2.24, 2.45) is 0 Å². The predicted octanol–water partition coefficient (Wildman–Crippen LogP) is 3.38. The predicted molar refractivity (Wildman–Crippen MR) is 116 cm³/mol. The van der Waals surface area contributed by atoms with Gasteiger partial charge in [0.2, 0.25) is 5.91 Å². The van der Waals surface area contributed by atoms with Gasteiger partial charge in [-0.05, 0) is 37.6 Å². The summed E-state index contributed by atoms with van der Waals surface area (Å²) in [5.41, 5.74) is 2.53. The lowest BCUT2D eigenvalue weighted by Crippen LogP contribution is -2.38. The first kappa shape index (κ1) is 20.2. The molecule has 30 heavy (non-hydrogen) atoms. The molecule has 0 saturated carbocycles. The molecular weight excluding hydrogens is 378 g/mol. The zero-order valence-corrected chi connectivity index (χ0v) is 17.2. The summed E-state index contributed by atoms with van der Waals surface area (Å²) in [7, 11) is 1.36. The molecule has 1 aliphatic heterocycles. The van der Waals surface area contributed by atoms with E-state index in [0.29, 0.717) is 12.1 Å². The summed E-state index contributed by atoms with van der Waals surface area (Å²) < 4.78 is 6.70. The number of carbonyl (C=O) groups excluding carboxylic acids is 2. The molecule has 1 aliphatic rings. The molecule has 0 aliphatic carbocycles. The molecule has 2 aromatic carbocycles. The lowest BCUT2D eigenvalue weighted by molar-refractivity contribution is -0.121. The average molecular weight is 405 g/mol. The van der Waals surface area contributed by atoms with Crippen LogP contribution in [0.15, 0.2) is 60.8 Å². The van der Waals surface area contributed by atoms with Gasteiger partial charge in [0.25, 0.3) is 0 Å². The highest BCUT2D eigenvalue weighted by Crippen LogP contribution is 2.25. The highest BCUT2D eigenvalue weighted by atomic mass is 16.5. The molecule has 6 nitrogen and oxygen atoms in total. The number of carbonyl (C=O) groups is 2. The van der Waals surface area contributed by atoms with Gasteiger partial charge in [0, 0.05) is 23.6 Å². The molecule has 0 spiro atoms. The van der Waals surface area contributed by atoms with E-state index in [0.717, 1.165) is 24.0 Å². The molecule has 1 unspecified atom stereocenters. The van der Waals surface area contributed by atoms with Crippen LogP contribution < -0.4 is 5.32 Å². The molecular formula is C24H27N3O3. The van der Waals surface area contributed by atoms with Gasteiger partial charge in [-0.25, -0.2) is 4.79 Å². The summed E-state index contributed by atoms with van der Waals surface area (Å²) in [5, 5.41) is 3.89. The van der Waals surface area contributed by atoms with Crippen molar-refractivity contribution < 1.29 is 14.3 Å². The van der Waals surface area contributed by atoms with Crippen LogP contribution in [-0.2, 0) is 16.1 Å². The highest BCUT2D eigenvalue weighted by molar-refractivity contribution is 6.04. The molecule has 1 saturated heterocycles. The van der Waals surface area contributed by atoms with Gasteiger partial charge < -0.3 is 14.6 Å². The number of esters is 1. The van der Waals surface area contributed by atoms with Crippen molar-refractivity contribution in [1.29, 1.82) is 0 Å². The van der Waals surface area contributed by atoms with E-state index >= 15 is 0 Å². The number of nitrogens with one attached hydrogen (secondary N) is 1. The second-order valence-corrected chi connectivity index (χ2v) is 7.65. The van der Waals surface area contributed by atoms with Gasteiger partial charge >= 0.3 is 5.97 Å². The van der Waals surface area contributed by atoms with Crippen LogP contribution in [0.4, 0.5) is 0 Å². The number of aromatic nitrogens is 1. The van der Waals surface area contributed by atoms with Crippen molar-refractivity contribution in [3.8, 4) is 0 Å². The van der Waals surface area contributed by atoms with Gasteiger partial charge in [0.05, 0.1) is 18.7 Å². The number of nitrogens with zero attached hydrogens (tertiary/aromatic N) is 2. The van der Waals surface area contributed by atoms with Gasteiger partial charge in [-0.3, -0.25) is 9.69 Å². The fourth-order valence-electron chi connectivity index (χ4n) is 4.26. The summed E-state index contributed by atoms with van der Waals surface area (Å²) in [6.07, 6.45) is 4.09. The first-order chi connectivity index (χ1) is 14.7. The molecule has 0 bridgehead atoms. The standard InChI is InChI=1S/C24H27N3O3/c1-30-24(29)20-16-27(21-12-6-5-11-19(20)21)17-23(28)25-15-22(26-13-7-8-14-26)18-9-3-2-4-10-18/h2-6,9-12,16,22H,7-8,13-15,17H2,1H3,(H,25,28). The Bertz CT molecular complexity index is 1020. The lowest BCUT2D eigenvalue weighted by atomic mass is 10.1. The third-order valence-corrected chi connectivity index (χ3v) is 5.77. The van der Waals surface area contributed by atoms with Crippen LogP contribution in [-0.4, -0.2) is 48.1 Å². The highest BCUT2D eigenvalue weighted by Gasteiger charge is 2.24. The fourth-order valence-corrected chi connectivity index (χ4v) is 4.26. The van der Waals surface area contributed by atoms with Gasteiger partial charge in [-0.2, -0.15) is 0 Å². The van der Waals surface area contributed by atoms with Crippen molar-refractivity contribution in [3.05, 3.63) is 71.9 Å². The van der Waals surface area contributed by atoms with Gasteiger partial charge in [-0.15, -0.1) is 0 Å². The molecule has 156 valence electrons. The van der Waals surface area contributed by atoms with Gasteiger partial charge in [-0.1, -0.05) is 48.5 Å². The normalized spacial score (nSPS) is 15.2. The quantitative estimate of drug-likeness (QED) is 0.612. The molecule has 3 aromatic rings. The van der Waals surface area contributed by atoms with E-state index in [1.807, 2.05) is 47.0 Å². The largest absolute Gasteiger partial charge is 0.465 e. The smallest absolute Gasteiger partial charge is 0.340 e. The van der Waals surface area contributed by atoms with Crippen LogP contribution >= 0.6 is 0 Å². The zero-order valence-electron chi connectivity index (χ0n) is 17.2. The maximum atomic E-state index is 12.8. The Hall–Kier alpha value is -3.12. The van der Waals surface area contributed by atoms with Crippen LogP contribution in [0.25, 0.3) is 10.9 Å². The van der Waals surface area contributed by atoms with E-state index in [4.69, 9.17) is 4.74 Å². The Morgan fingerprint density at radius 3 is 2.47 bits per heavy atom. The van der Waals surface area contributed by atoms with Crippen molar-refractivity contribution in [3.63, 3.8) is 0 Å². The van der Waals surface area contributed by atoms with E-state index < -0.39 is 5.97 Å². The number of para-hydroxylation sites is 1. The van der Waals surface area contributed by atoms with Crippen molar-refractivity contribution >= 4 is 22.8 Å². The van der Waals surface area contributed by atoms with Crippen LogP contribution in [0.1, 0.15) is 34.8 Å². The van der Waals surface area contributed by atoms with Crippen molar-refractivity contribution in [2.45, 2.75) is 25.4 Å². The van der Waals surface area contributed by atoms with Crippen LogP contribution in [0, 0.1) is 0 Å². The second-order valence-electron chi connectivity index (χ2n) is 7.65. The number of amides is 1. The van der Waals surface area contributed by atoms with E-state index in [9.17, 15) is 9.59 Å². The van der Waals surface area contributed by atoms with Crippen LogP contribution in [0.3, 0.4) is 0 Å². The Labute approximate surface area is 176 Å². The molecule has 1 N–H and O–H groups in total. The third-order valence-electron chi connectivity index (χ3n) is 5.77. The van der Waals surface area contributed by atoms with E-state index in [2.05, 4.69) is 22.3 Å². The molecule has 1 atom stereocenters. The number of benzene rings is 2. The number of rotatable bonds is 7. The molecule has 6 heteroatoms. The minimum absolute atomic E-state index is 0.0766. The Morgan fingerprint density at radius 1 is 1.03 bits per heavy atom. The van der Waals surface area contributed by atoms with E-state index in [1.165, 1.54) is 25.5 Å². The summed E-state index contributed by atoms with van der Waals surface area (Å²) in [4.78, 5) is 27.3. The molecule has 1 aromatic heterocycles. The number of hydrogen-bond acceptors (Lipinski definition) is 4. The van der Waals surface area contributed by atoms with Gasteiger partial charge in [0.15, 0.2) is 0 Å². The molecule has 4 rings (SSSR count). The SMILES string of the molecule is COC(=O)c1cn(CC(=O)NCC(c2ccccc2)N2CCCC2)c2ccccc12.